The van der Waals surface area contributed by atoms with Gasteiger partial charge in [-0.05, 0) is 67.0 Å². The van der Waals surface area contributed by atoms with Crippen LogP contribution in [0, 0.1) is 16.6 Å². The lowest BCUT2D eigenvalue weighted by Crippen LogP contribution is -2.35. The number of carbonyl (C=O) groups is 4. The van der Waals surface area contributed by atoms with Gasteiger partial charge in [-0.3, -0.25) is 15.0 Å². The van der Waals surface area contributed by atoms with Gasteiger partial charge in [-0.2, -0.15) is 0 Å². The molecule has 1 atom stereocenters. The normalized spacial score (nSPS) is 14.8. The van der Waals surface area contributed by atoms with Crippen molar-refractivity contribution in [3.8, 4) is 5.75 Å². The van der Waals surface area contributed by atoms with E-state index >= 15 is 0 Å². The molecule has 0 aromatic heterocycles. The Morgan fingerprint density at radius 3 is 2.21 bits per heavy atom. The lowest BCUT2D eigenvalue weighted by Gasteiger charge is -2.31. The number of halogens is 1. The van der Waals surface area contributed by atoms with Crippen LogP contribution < -0.4 is 15.8 Å². The number of nitrogens with two attached hydrogens (primary N) is 1. The van der Waals surface area contributed by atoms with Crippen LogP contribution in [0.25, 0.3) is 0 Å². The predicted molar refractivity (Wildman–Crippen MR) is 144 cm³/mol. The zero-order chi connectivity index (χ0) is 28.9. The first-order chi connectivity index (χ1) is 18.4. The molecule has 0 fully saturated rings. The number of allylic oxidation sites excluding steroid dienone is 2. The number of benzene rings is 2. The number of amides is 1. The summed E-state index contributed by atoms with van der Waals surface area (Å²) in [4.78, 5) is 49.7. The van der Waals surface area contributed by atoms with Crippen LogP contribution in [-0.2, 0) is 9.59 Å². The monoisotopic (exact) mass is 557 g/mol. The lowest BCUT2D eigenvalue weighted by atomic mass is 9.78. The van der Waals surface area contributed by atoms with Crippen molar-refractivity contribution in [1.82, 2.24) is 0 Å². The first kappa shape index (κ1) is 29.4. The van der Waals surface area contributed by atoms with Gasteiger partial charge in [0.05, 0.1) is 16.5 Å². The maximum Gasteiger partial charge on any atom is 0.335 e. The zero-order valence-electron chi connectivity index (χ0n) is 21.2. The summed E-state index contributed by atoms with van der Waals surface area (Å²) in [5.74, 6) is -5.14. The number of rotatable bonds is 11. The zero-order valence-corrected chi connectivity index (χ0v) is 22.1. The summed E-state index contributed by atoms with van der Waals surface area (Å²) >= 11 is 1.22. The van der Waals surface area contributed by atoms with Crippen molar-refractivity contribution in [2.75, 3.05) is 5.32 Å². The first-order valence-electron chi connectivity index (χ1n) is 12.0. The van der Waals surface area contributed by atoms with E-state index in [9.17, 15) is 33.8 Å². The third-order valence-electron chi connectivity index (χ3n) is 6.60. The van der Waals surface area contributed by atoms with Crippen molar-refractivity contribution in [2.24, 2.45) is 11.1 Å². The molecule has 0 radical (unpaired) electrons. The number of nitrogen functional groups attached to an aromatic ring is 1. The summed E-state index contributed by atoms with van der Waals surface area (Å²) in [7, 11) is 0. The Kier molecular flexibility index (Phi) is 9.12. The summed E-state index contributed by atoms with van der Waals surface area (Å²) in [6, 6.07) is 7.02. The van der Waals surface area contributed by atoms with E-state index in [4.69, 9.17) is 15.9 Å². The van der Waals surface area contributed by atoms with Gasteiger partial charge in [0, 0.05) is 11.3 Å². The highest BCUT2D eigenvalue weighted by molar-refractivity contribution is 8.04. The largest absolute Gasteiger partial charge is 0.478 e. The third-order valence-corrected chi connectivity index (χ3v) is 7.89. The fraction of sp³-hybridized carbons (Fsp3) is 0.296. The number of amidine groups is 1. The number of carboxylic acid groups (broad SMARTS) is 2. The van der Waals surface area contributed by atoms with Gasteiger partial charge in [0.15, 0.2) is 11.6 Å². The molecule has 0 aliphatic carbocycles. The Balaban J connectivity index is 1.71. The van der Waals surface area contributed by atoms with Crippen LogP contribution >= 0.6 is 11.8 Å². The predicted octanol–water partition coefficient (Wildman–Crippen LogP) is 4.64. The van der Waals surface area contributed by atoms with Gasteiger partial charge in [-0.15, -0.1) is 11.8 Å². The van der Waals surface area contributed by atoms with E-state index < -0.39 is 40.3 Å². The van der Waals surface area contributed by atoms with Crippen molar-refractivity contribution >= 4 is 47.1 Å². The number of esters is 1. The van der Waals surface area contributed by atoms with Crippen molar-refractivity contribution in [2.45, 2.75) is 44.8 Å². The number of carboxylic acids is 2. The number of aromatic carboxylic acids is 2. The molecule has 2 aromatic rings. The van der Waals surface area contributed by atoms with Crippen molar-refractivity contribution in [3.63, 3.8) is 0 Å². The Morgan fingerprint density at radius 2 is 1.69 bits per heavy atom. The van der Waals surface area contributed by atoms with Gasteiger partial charge in [0.2, 0.25) is 5.91 Å². The summed E-state index contributed by atoms with van der Waals surface area (Å²) in [5.41, 5.74) is 4.09. The SMILES string of the molecule is CCC(CC)(CC1=CCC(C(=O)Oc2ccc(C(=N)N)cc2F)S1)C(=O)Nc1cc(C(=O)O)cc(C(=O)O)c1. The smallest absolute Gasteiger partial charge is 0.335 e. The van der Waals surface area contributed by atoms with E-state index in [1.165, 1.54) is 36.0 Å². The van der Waals surface area contributed by atoms with E-state index in [-0.39, 0.29) is 40.4 Å². The van der Waals surface area contributed by atoms with E-state index in [0.717, 1.165) is 17.0 Å². The molecule has 39 heavy (non-hydrogen) atoms. The van der Waals surface area contributed by atoms with Crippen molar-refractivity contribution in [3.05, 3.63) is 69.9 Å². The minimum Gasteiger partial charge on any atom is -0.478 e. The fourth-order valence-electron chi connectivity index (χ4n) is 4.15. The maximum absolute atomic E-state index is 14.3. The van der Waals surface area contributed by atoms with Gasteiger partial charge < -0.3 is 26.0 Å². The molecular weight excluding hydrogens is 529 g/mol. The molecule has 1 amide bonds. The average molecular weight is 558 g/mol. The Labute approximate surface area is 227 Å². The third kappa shape index (κ3) is 6.82. The molecular formula is C27H28FN3O7S. The molecule has 1 aliphatic rings. The van der Waals surface area contributed by atoms with Gasteiger partial charge in [-0.1, -0.05) is 19.9 Å². The number of carbonyl (C=O) groups excluding carboxylic acids is 2. The molecule has 1 unspecified atom stereocenters. The molecule has 0 bridgehead atoms. The molecule has 0 saturated carbocycles. The van der Waals surface area contributed by atoms with Crippen LogP contribution in [0.2, 0.25) is 0 Å². The molecule has 3 rings (SSSR count). The van der Waals surface area contributed by atoms with E-state index in [2.05, 4.69) is 5.32 Å². The number of ether oxygens (including phenoxy) is 1. The topological polar surface area (TPSA) is 180 Å². The number of nitrogens with one attached hydrogen (secondary N) is 2. The molecule has 2 aromatic carbocycles. The highest BCUT2D eigenvalue weighted by Crippen LogP contribution is 2.44. The van der Waals surface area contributed by atoms with E-state index in [1.807, 2.05) is 19.9 Å². The molecule has 6 N–H and O–H groups in total. The molecule has 206 valence electrons. The van der Waals surface area contributed by atoms with Crippen LogP contribution in [-0.4, -0.2) is 45.1 Å². The number of hydrogen-bond donors (Lipinski definition) is 5. The van der Waals surface area contributed by atoms with Crippen LogP contribution in [0.1, 0.15) is 65.8 Å². The average Bonchev–Trinajstić information content (AvgIpc) is 3.36. The number of hydrogen-bond acceptors (Lipinski definition) is 7. The standard InChI is InChI=1S/C27H28FN3O7S/c1-3-27(4-2,26(37)31-17-10-15(23(32)33)9-16(11-17)24(34)35)13-18-6-8-21(39-18)25(36)38-20-7-5-14(22(29)30)12-19(20)28/h5-7,9-12,21H,3-4,8,13H2,1-2H3,(H3,29,30)(H,31,37)(H,32,33)(H,34,35). The van der Waals surface area contributed by atoms with Crippen molar-refractivity contribution in [1.29, 1.82) is 5.41 Å². The molecule has 0 spiro atoms. The summed E-state index contributed by atoms with van der Waals surface area (Å²) in [5, 5.41) is 28.0. The Morgan fingerprint density at radius 1 is 1.08 bits per heavy atom. The van der Waals surface area contributed by atoms with Gasteiger partial charge >= 0.3 is 17.9 Å². The number of anilines is 1. The minimum atomic E-state index is -1.33. The second-order valence-corrected chi connectivity index (χ2v) is 10.3. The van der Waals surface area contributed by atoms with E-state index in [0.29, 0.717) is 19.3 Å². The number of thioether (sulfide) groups is 1. The summed E-state index contributed by atoms with van der Waals surface area (Å²) in [6.45, 7) is 3.66. The van der Waals surface area contributed by atoms with Crippen LogP contribution in [0.4, 0.5) is 10.1 Å². The molecule has 12 heteroatoms. The summed E-state index contributed by atoms with van der Waals surface area (Å²) < 4.78 is 19.5. The molecule has 0 saturated heterocycles. The lowest BCUT2D eigenvalue weighted by molar-refractivity contribution is -0.133. The fourth-order valence-corrected chi connectivity index (χ4v) is 5.40. The van der Waals surface area contributed by atoms with Crippen LogP contribution in [0.5, 0.6) is 5.75 Å². The quantitative estimate of drug-likeness (QED) is 0.114. The Bertz CT molecular complexity index is 1340. The second-order valence-electron chi connectivity index (χ2n) is 9.02. The molecule has 10 nitrogen and oxygen atoms in total. The second kappa shape index (κ2) is 12.1. The van der Waals surface area contributed by atoms with Gasteiger partial charge in [-0.25, -0.2) is 14.0 Å². The molecule has 1 heterocycles. The maximum atomic E-state index is 14.3. The van der Waals surface area contributed by atoms with Crippen LogP contribution in [0.15, 0.2) is 47.4 Å². The van der Waals surface area contributed by atoms with Crippen LogP contribution in [0.3, 0.4) is 0 Å². The highest BCUT2D eigenvalue weighted by atomic mass is 32.2. The van der Waals surface area contributed by atoms with E-state index in [1.54, 1.807) is 0 Å². The van der Waals surface area contributed by atoms with Gasteiger partial charge in [0.1, 0.15) is 11.1 Å². The molecule has 1 aliphatic heterocycles. The van der Waals surface area contributed by atoms with Crippen molar-refractivity contribution < 1.29 is 38.5 Å². The highest BCUT2D eigenvalue weighted by Gasteiger charge is 2.38. The minimum absolute atomic E-state index is 0.0518. The Hall–Kier alpha value is -4.19. The summed E-state index contributed by atoms with van der Waals surface area (Å²) in [6.07, 6.45) is 3.26. The van der Waals surface area contributed by atoms with Gasteiger partial charge in [0.25, 0.3) is 0 Å². The first-order valence-corrected chi connectivity index (χ1v) is 12.9.